The van der Waals surface area contributed by atoms with Gasteiger partial charge in [-0.2, -0.15) is 15.1 Å². The summed E-state index contributed by atoms with van der Waals surface area (Å²) in [6, 6.07) is 0.219. The summed E-state index contributed by atoms with van der Waals surface area (Å²) in [6.45, 7) is -1.74. The minimum atomic E-state index is -5.20. The summed E-state index contributed by atoms with van der Waals surface area (Å²) in [6.07, 6.45) is -0.0813. The second-order valence-corrected chi connectivity index (χ2v) is 11.8. The van der Waals surface area contributed by atoms with Crippen LogP contribution < -0.4 is 5.32 Å². The first-order valence-corrected chi connectivity index (χ1v) is 14.7. The maximum Gasteiger partial charge on any atom is 0.361 e. The number of aliphatic hydroxyl groups excluding tert-OH is 3. The quantitative estimate of drug-likeness (QED) is 0.0990. The number of nitrogens with one attached hydrogen (secondary N) is 1. The molecule has 2 aromatic rings. The Morgan fingerprint density at radius 2 is 2.00 bits per heavy atom. The molecule has 1 aliphatic heterocycles. The smallest absolute Gasteiger partial charge is 0.361 e. The Morgan fingerprint density at radius 3 is 2.65 bits per heavy atom. The van der Waals surface area contributed by atoms with Gasteiger partial charge in [0.25, 0.3) is 0 Å². The van der Waals surface area contributed by atoms with Gasteiger partial charge in [0.2, 0.25) is 10.6 Å². The van der Waals surface area contributed by atoms with Crippen molar-refractivity contribution in [2.24, 2.45) is 0 Å². The van der Waals surface area contributed by atoms with Crippen LogP contribution in [0.5, 0.6) is 0 Å². The number of esters is 1. The molecule has 3 heterocycles. The SMILES string of the molecule is CCOC(=O)COC[C@](CO)(OC[C@@H]1O[C@H](n2ncc3c(NC4CCCC4)nc(Cl)nc32)[C@@H](O)[C@H]1O)P(=O)(O)O. The molecule has 2 aromatic heterocycles. The van der Waals surface area contributed by atoms with Crippen molar-refractivity contribution >= 4 is 42.0 Å². The molecule has 0 aromatic carbocycles. The normalized spacial score (nSPS) is 25.4. The van der Waals surface area contributed by atoms with Crippen LogP contribution in [-0.4, -0.2) is 114 Å². The number of hydrogen-bond acceptors (Lipinski definition) is 13. The predicted molar refractivity (Wildman–Crippen MR) is 137 cm³/mol. The lowest BCUT2D eigenvalue weighted by molar-refractivity contribution is -0.155. The Morgan fingerprint density at radius 1 is 1.27 bits per heavy atom. The van der Waals surface area contributed by atoms with Crippen molar-refractivity contribution < 1.29 is 53.4 Å². The largest absolute Gasteiger partial charge is 0.464 e. The van der Waals surface area contributed by atoms with Gasteiger partial charge in [-0.3, -0.25) is 4.57 Å². The fourth-order valence-electron chi connectivity index (χ4n) is 4.65. The zero-order chi connectivity index (χ0) is 29.1. The average Bonchev–Trinajstić information content (AvgIpc) is 3.62. The fraction of sp³-hybridized carbons (Fsp3) is 0.727. The Hall–Kier alpha value is -1.98. The van der Waals surface area contributed by atoms with Crippen LogP contribution in [0.25, 0.3) is 11.0 Å². The first-order valence-electron chi connectivity index (χ1n) is 12.7. The first-order chi connectivity index (χ1) is 19.0. The Bertz CT molecular complexity index is 1230. The number of hydrogen-bond donors (Lipinski definition) is 6. The van der Waals surface area contributed by atoms with Crippen LogP contribution in [0, 0.1) is 0 Å². The van der Waals surface area contributed by atoms with Gasteiger partial charge in [0.05, 0.1) is 38.0 Å². The van der Waals surface area contributed by atoms with E-state index in [9.17, 15) is 34.5 Å². The maximum absolute atomic E-state index is 12.2. The van der Waals surface area contributed by atoms with Crippen LogP contribution in [0.1, 0.15) is 38.8 Å². The van der Waals surface area contributed by atoms with E-state index in [0.717, 1.165) is 25.7 Å². The molecular formula is C22H33ClN5O11P. The van der Waals surface area contributed by atoms with Crippen molar-refractivity contribution in [3.63, 3.8) is 0 Å². The Labute approximate surface area is 233 Å². The molecule has 40 heavy (non-hydrogen) atoms. The molecule has 0 amide bonds. The van der Waals surface area contributed by atoms with E-state index in [2.05, 4.69) is 20.4 Å². The van der Waals surface area contributed by atoms with Crippen LogP contribution in [0.15, 0.2) is 6.20 Å². The second-order valence-electron chi connectivity index (χ2n) is 9.60. The highest BCUT2D eigenvalue weighted by atomic mass is 35.5. The maximum atomic E-state index is 12.2. The standard InChI is InChI=1S/C22H33ClN5O11P/c1-2-37-15(30)9-36-11-22(10-29,40(33,34)35)38-8-14-16(31)17(32)20(39-14)28-19-13(7-24-28)18(26-21(23)27-19)25-12-5-3-4-6-12/h7,12,14,16-17,20,29,31-32H,2-6,8-11H2,1H3,(H,25,26,27)(H2,33,34,35)/t14-,16-,17-,20-,22+/m0/s1. The summed E-state index contributed by atoms with van der Waals surface area (Å²) in [5.74, 6) is -0.309. The van der Waals surface area contributed by atoms with Crippen LogP contribution >= 0.6 is 19.2 Å². The van der Waals surface area contributed by atoms with Crippen molar-refractivity contribution in [1.82, 2.24) is 19.7 Å². The van der Waals surface area contributed by atoms with Crippen LogP contribution in [0.3, 0.4) is 0 Å². The van der Waals surface area contributed by atoms with Gasteiger partial charge in [-0.15, -0.1) is 0 Å². The highest BCUT2D eigenvalue weighted by Crippen LogP contribution is 2.51. The van der Waals surface area contributed by atoms with E-state index in [4.69, 9.17) is 30.5 Å². The number of anilines is 1. The minimum absolute atomic E-state index is 0.0696. The molecule has 0 bridgehead atoms. The number of carbonyl (C=O) groups excluding carboxylic acids is 1. The lowest BCUT2D eigenvalue weighted by Crippen LogP contribution is -2.45. The molecule has 0 radical (unpaired) electrons. The molecular weight excluding hydrogens is 577 g/mol. The zero-order valence-electron chi connectivity index (χ0n) is 21.6. The van der Waals surface area contributed by atoms with Gasteiger partial charge in [-0.05, 0) is 31.4 Å². The third-order valence-electron chi connectivity index (χ3n) is 6.85. The number of rotatable bonds is 13. The molecule has 16 nitrogen and oxygen atoms in total. The van der Waals surface area contributed by atoms with E-state index in [-0.39, 0.29) is 23.6 Å². The van der Waals surface area contributed by atoms with E-state index < -0.39 is 69.9 Å². The molecule has 2 aliphatic rings. The molecule has 0 spiro atoms. The number of carbonyl (C=O) groups is 1. The second kappa shape index (κ2) is 12.9. The van der Waals surface area contributed by atoms with E-state index in [1.54, 1.807) is 6.92 Å². The topological polar surface area (TPSA) is 228 Å². The van der Waals surface area contributed by atoms with Gasteiger partial charge in [-0.1, -0.05) is 12.8 Å². The number of nitrogens with zero attached hydrogens (tertiary/aromatic N) is 4. The predicted octanol–water partition coefficient (Wildman–Crippen LogP) is -0.0840. The van der Waals surface area contributed by atoms with Crippen LogP contribution in [-0.2, 0) is 28.3 Å². The molecule has 0 unspecified atom stereocenters. The number of halogens is 1. The van der Waals surface area contributed by atoms with Gasteiger partial charge in [-0.25, -0.2) is 9.48 Å². The lowest BCUT2D eigenvalue weighted by Gasteiger charge is -2.33. The van der Waals surface area contributed by atoms with Crippen molar-refractivity contribution in [2.45, 2.75) is 68.5 Å². The summed E-state index contributed by atoms with van der Waals surface area (Å²) < 4.78 is 34.4. The average molecular weight is 610 g/mol. The number of aliphatic hydroxyl groups is 3. The summed E-state index contributed by atoms with van der Waals surface area (Å²) in [5, 5.41) is 36.7. The summed E-state index contributed by atoms with van der Waals surface area (Å²) in [7, 11) is -5.20. The van der Waals surface area contributed by atoms with Crippen LogP contribution in [0.4, 0.5) is 5.82 Å². The molecule has 1 saturated heterocycles. The zero-order valence-corrected chi connectivity index (χ0v) is 23.3. The van der Waals surface area contributed by atoms with E-state index in [1.165, 1.54) is 10.9 Å². The summed E-state index contributed by atoms with van der Waals surface area (Å²) in [4.78, 5) is 39.8. The van der Waals surface area contributed by atoms with Crippen molar-refractivity contribution in [3.8, 4) is 0 Å². The number of fused-ring (bicyclic) bond motifs is 1. The molecule has 1 saturated carbocycles. The fourth-order valence-corrected chi connectivity index (χ4v) is 5.51. The number of ether oxygens (including phenoxy) is 4. The highest BCUT2D eigenvalue weighted by Gasteiger charge is 2.51. The Kier molecular flexibility index (Phi) is 9.99. The highest BCUT2D eigenvalue weighted by molar-refractivity contribution is 7.53. The molecule has 18 heteroatoms. The monoisotopic (exact) mass is 609 g/mol. The lowest BCUT2D eigenvalue weighted by atomic mass is 10.1. The first kappa shape index (κ1) is 31.0. The van der Waals surface area contributed by atoms with E-state index in [1.807, 2.05) is 0 Å². The van der Waals surface area contributed by atoms with Gasteiger partial charge in [0.1, 0.15) is 30.7 Å². The molecule has 4 rings (SSSR count). The third kappa shape index (κ3) is 6.57. The molecule has 5 atom stereocenters. The molecule has 2 fully saturated rings. The van der Waals surface area contributed by atoms with Crippen molar-refractivity contribution in [2.75, 3.05) is 38.4 Å². The third-order valence-corrected chi connectivity index (χ3v) is 8.48. The van der Waals surface area contributed by atoms with Crippen LogP contribution in [0.2, 0.25) is 5.28 Å². The van der Waals surface area contributed by atoms with Gasteiger partial charge in [0.15, 0.2) is 11.9 Å². The van der Waals surface area contributed by atoms with Crippen molar-refractivity contribution in [1.29, 1.82) is 0 Å². The number of aromatic nitrogens is 4. The van der Waals surface area contributed by atoms with Crippen molar-refractivity contribution in [3.05, 3.63) is 11.5 Å². The summed E-state index contributed by atoms with van der Waals surface area (Å²) in [5.41, 5.74) is 0.227. The molecule has 6 N–H and O–H groups in total. The molecule has 1 aliphatic carbocycles. The minimum Gasteiger partial charge on any atom is -0.464 e. The molecule has 224 valence electrons. The Balaban J connectivity index is 1.49. The van der Waals surface area contributed by atoms with E-state index in [0.29, 0.717) is 11.2 Å². The van der Waals surface area contributed by atoms with Gasteiger partial charge in [0, 0.05) is 6.04 Å². The van der Waals surface area contributed by atoms with E-state index >= 15 is 0 Å². The van der Waals surface area contributed by atoms with Gasteiger partial charge < -0.3 is 49.4 Å². The summed E-state index contributed by atoms with van der Waals surface area (Å²) >= 11 is 6.16. The van der Waals surface area contributed by atoms with Gasteiger partial charge >= 0.3 is 13.6 Å².